The molecule has 0 aromatic carbocycles. The fraction of sp³-hybridized carbons (Fsp3) is 0.455. The molecule has 0 saturated carbocycles. The molecule has 1 unspecified atom stereocenters. The molecular formula is C11H12BrN3OS. The third-order valence-electron chi connectivity index (χ3n) is 3.14. The van der Waals surface area contributed by atoms with E-state index in [1.165, 1.54) is 0 Å². The van der Waals surface area contributed by atoms with E-state index >= 15 is 0 Å². The Hall–Kier alpha value is -0.720. The maximum atomic E-state index is 5.35. The first kappa shape index (κ1) is 11.4. The van der Waals surface area contributed by atoms with Gasteiger partial charge in [0.15, 0.2) is 0 Å². The van der Waals surface area contributed by atoms with Crippen LogP contribution in [0.15, 0.2) is 20.4 Å². The summed E-state index contributed by atoms with van der Waals surface area (Å²) in [5.74, 6) is 2.39. The molecule has 1 aliphatic heterocycles. The van der Waals surface area contributed by atoms with Gasteiger partial charge in [0.05, 0.1) is 4.88 Å². The fourth-order valence-corrected chi connectivity index (χ4v) is 3.17. The average Bonchev–Trinajstić information content (AvgIpc) is 2.82. The molecule has 1 N–H and O–H groups in total. The fourth-order valence-electron chi connectivity index (χ4n) is 1.82. The third kappa shape index (κ3) is 2.17. The Bertz CT molecular complexity index is 520. The summed E-state index contributed by atoms with van der Waals surface area (Å²) in [6, 6.07) is 2.01. The smallest absolute Gasteiger partial charge is 0.230 e. The second kappa shape index (κ2) is 4.51. The quantitative estimate of drug-likeness (QED) is 0.946. The van der Waals surface area contributed by atoms with Crippen LogP contribution in [0.3, 0.4) is 0 Å². The average molecular weight is 314 g/mol. The highest BCUT2D eigenvalue weighted by molar-refractivity contribution is 9.10. The van der Waals surface area contributed by atoms with Gasteiger partial charge in [0.25, 0.3) is 0 Å². The number of hydrogen-bond donors (Lipinski definition) is 1. The maximum absolute atomic E-state index is 5.35. The minimum Gasteiger partial charge on any atom is -0.339 e. The lowest BCUT2D eigenvalue weighted by Crippen LogP contribution is -2.44. The summed E-state index contributed by atoms with van der Waals surface area (Å²) in [7, 11) is 0. The molecular weight excluding hydrogens is 302 g/mol. The molecule has 4 nitrogen and oxygen atoms in total. The van der Waals surface area contributed by atoms with E-state index in [9.17, 15) is 0 Å². The lowest BCUT2D eigenvalue weighted by molar-refractivity contribution is 0.252. The van der Waals surface area contributed by atoms with Gasteiger partial charge in [-0.05, 0) is 41.0 Å². The van der Waals surface area contributed by atoms with Gasteiger partial charge in [-0.15, -0.1) is 11.3 Å². The molecule has 1 atom stereocenters. The summed E-state index contributed by atoms with van der Waals surface area (Å²) >= 11 is 5.04. The second-order valence-corrected chi connectivity index (χ2v) is 6.12. The van der Waals surface area contributed by atoms with E-state index in [4.69, 9.17) is 4.52 Å². The molecule has 6 heteroatoms. The van der Waals surface area contributed by atoms with Gasteiger partial charge >= 0.3 is 0 Å². The van der Waals surface area contributed by atoms with E-state index in [0.29, 0.717) is 17.7 Å². The zero-order chi connectivity index (χ0) is 11.8. The molecule has 2 aromatic heterocycles. The molecule has 3 rings (SSSR count). The van der Waals surface area contributed by atoms with Crippen molar-refractivity contribution in [2.24, 2.45) is 5.92 Å². The van der Waals surface area contributed by atoms with Gasteiger partial charge in [-0.1, -0.05) is 12.1 Å². The predicted molar refractivity (Wildman–Crippen MR) is 70.1 cm³/mol. The summed E-state index contributed by atoms with van der Waals surface area (Å²) in [5, 5.41) is 9.32. The molecule has 0 radical (unpaired) electrons. The molecule has 90 valence electrons. The Balaban J connectivity index is 1.82. The van der Waals surface area contributed by atoms with Crippen molar-refractivity contribution in [1.82, 2.24) is 15.5 Å². The van der Waals surface area contributed by atoms with Crippen LogP contribution in [0.25, 0.3) is 10.7 Å². The number of nitrogens with zero attached hydrogens (tertiary/aromatic N) is 2. The van der Waals surface area contributed by atoms with E-state index in [1.807, 2.05) is 11.4 Å². The standard InChI is InChI=1S/C11H12BrN3OS/c1-6(7-3-13-4-7)11-14-10(15-16-11)9-2-8(12)5-17-9/h2,5-7,13H,3-4H2,1H3. The molecule has 0 bridgehead atoms. The van der Waals surface area contributed by atoms with Gasteiger partial charge in [-0.25, -0.2) is 0 Å². The maximum Gasteiger partial charge on any atom is 0.230 e. The lowest BCUT2D eigenvalue weighted by Gasteiger charge is -2.30. The van der Waals surface area contributed by atoms with Crippen LogP contribution in [0, 0.1) is 5.92 Å². The number of aromatic nitrogens is 2. The minimum atomic E-state index is 0.334. The van der Waals surface area contributed by atoms with Crippen molar-refractivity contribution in [3.63, 3.8) is 0 Å². The summed E-state index contributed by atoms with van der Waals surface area (Å²) in [6.07, 6.45) is 0. The molecule has 0 amide bonds. The van der Waals surface area contributed by atoms with Crippen LogP contribution in [-0.4, -0.2) is 23.2 Å². The van der Waals surface area contributed by atoms with Crippen molar-refractivity contribution < 1.29 is 4.52 Å². The minimum absolute atomic E-state index is 0.334. The van der Waals surface area contributed by atoms with Crippen molar-refractivity contribution >= 4 is 27.3 Å². The SMILES string of the molecule is CC(c1nc(-c2cc(Br)cs2)no1)C1CNC1. The second-order valence-electron chi connectivity index (χ2n) is 4.29. The highest BCUT2D eigenvalue weighted by Crippen LogP contribution is 2.31. The third-order valence-corrected chi connectivity index (χ3v) is 4.83. The number of thiophene rings is 1. The van der Waals surface area contributed by atoms with Gasteiger partial charge in [0.1, 0.15) is 0 Å². The Kier molecular flexibility index (Phi) is 3.02. The zero-order valence-electron chi connectivity index (χ0n) is 9.31. The van der Waals surface area contributed by atoms with Gasteiger partial charge in [0.2, 0.25) is 11.7 Å². The van der Waals surface area contributed by atoms with E-state index in [2.05, 4.69) is 38.3 Å². The number of hydrogen-bond acceptors (Lipinski definition) is 5. The molecule has 0 aliphatic carbocycles. The molecule has 1 saturated heterocycles. The summed E-state index contributed by atoms with van der Waals surface area (Å²) < 4.78 is 6.41. The van der Waals surface area contributed by atoms with Gasteiger partial charge in [-0.2, -0.15) is 4.98 Å². The Morgan fingerprint density at radius 3 is 3.00 bits per heavy atom. The largest absolute Gasteiger partial charge is 0.339 e. The Morgan fingerprint density at radius 1 is 1.59 bits per heavy atom. The highest BCUT2D eigenvalue weighted by atomic mass is 79.9. The first-order chi connectivity index (χ1) is 8.24. The molecule has 1 aliphatic rings. The molecule has 1 fully saturated rings. The Labute approximate surface area is 112 Å². The normalized spacial score (nSPS) is 18.0. The van der Waals surface area contributed by atoms with Crippen LogP contribution in [0.4, 0.5) is 0 Å². The van der Waals surface area contributed by atoms with Crippen molar-refractivity contribution in [1.29, 1.82) is 0 Å². The Morgan fingerprint density at radius 2 is 2.41 bits per heavy atom. The number of rotatable bonds is 3. The first-order valence-corrected chi connectivity index (χ1v) is 7.20. The molecule has 2 aromatic rings. The van der Waals surface area contributed by atoms with Crippen LogP contribution in [-0.2, 0) is 0 Å². The van der Waals surface area contributed by atoms with Crippen LogP contribution in [0.5, 0.6) is 0 Å². The highest BCUT2D eigenvalue weighted by Gasteiger charge is 2.28. The van der Waals surface area contributed by atoms with Crippen LogP contribution < -0.4 is 5.32 Å². The molecule has 17 heavy (non-hydrogen) atoms. The summed E-state index contributed by atoms with van der Waals surface area (Å²) in [6.45, 7) is 4.24. The molecule has 3 heterocycles. The van der Waals surface area contributed by atoms with Gasteiger partial charge < -0.3 is 9.84 Å². The van der Waals surface area contributed by atoms with Crippen molar-refractivity contribution in [2.45, 2.75) is 12.8 Å². The van der Waals surface area contributed by atoms with Crippen LogP contribution >= 0.6 is 27.3 Å². The predicted octanol–water partition coefficient (Wildman–Crippen LogP) is 2.88. The van der Waals surface area contributed by atoms with Gasteiger partial charge in [0, 0.05) is 15.8 Å². The van der Waals surface area contributed by atoms with Crippen molar-refractivity contribution in [3.05, 3.63) is 21.8 Å². The number of nitrogens with one attached hydrogen (secondary N) is 1. The summed E-state index contributed by atoms with van der Waals surface area (Å²) in [4.78, 5) is 5.51. The van der Waals surface area contributed by atoms with E-state index < -0.39 is 0 Å². The van der Waals surface area contributed by atoms with E-state index in [-0.39, 0.29) is 0 Å². The number of halogens is 1. The van der Waals surface area contributed by atoms with Crippen LogP contribution in [0.1, 0.15) is 18.7 Å². The monoisotopic (exact) mass is 313 g/mol. The van der Waals surface area contributed by atoms with Crippen molar-refractivity contribution in [3.8, 4) is 10.7 Å². The topological polar surface area (TPSA) is 51.0 Å². The molecule has 0 spiro atoms. The zero-order valence-corrected chi connectivity index (χ0v) is 11.7. The van der Waals surface area contributed by atoms with Crippen LogP contribution in [0.2, 0.25) is 0 Å². The van der Waals surface area contributed by atoms with Gasteiger partial charge in [-0.3, -0.25) is 0 Å². The van der Waals surface area contributed by atoms with E-state index in [1.54, 1.807) is 11.3 Å². The summed E-state index contributed by atoms with van der Waals surface area (Å²) in [5.41, 5.74) is 0. The first-order valence-electron chi connectivity index (χ1n) is 5.53. The van der Waals surface area contributed by atoms with E-state index in [0.717, 1.165) is 28.3 Å². The van der Waals surface area contributed by atoms with Crippen molar-refractivity contribution in [2.75, 3.05) is 13.1 Å². The lowest BCUT2D eigenvalue weighted by atomic mass is 9.89.